The first kappa shape index (κ1) is 13.6. The van der Waals surface area contributed by atoms with E-state index >= 15 is 0 Å². The van der Waals surface area contributed by atoms with Gasteiger partial charge in [-0.15, -0.1) is 0 Å². The van der Waals surface area contributed by atoms with E-state index in [2.05, 4.69) is 4.98 Å². The minimum atomic E-state index is -0.279. The molecule has 0 aliphatic heterocycles. The molecule has 2 N–H and O–H groups in total. The zero-order valence-electron chi connectivity index (χ0n) is 11.6. The summed E-state index contributed by atoms with van der Waals surface area (Å²) < 4.78 is 5.59. The van der Waals surface area contributed by atoms with Crippen LogP contribution >= 0.6 is 11.6 Å². The number of carbonyl (C=O) groups is 1. The summed E-state index contributed by atoms with van der Waals surface area (Å²) in [7, 11) is 0. The number of aromatic nitrogens is 1. The second-order valence-electron chi connectivity index (χ2n) is 4.94. The number of carbonyl (C=O) groups excluding carboxylic acids is 1. The number of halogens is 1. The minimum absolute atomic E-state index is 0.119. The SMILES string of the molecule is Cc1cc(C)c2c(N)c(C(=O)c3ccc(Cl)cc3)oc2n1. The van der Waals surface area contributed by atoms with E-state index in [4.69, 9.17) is 21.8 Å². The maximum absolute atomic E-state index is 12.5. The van der Waals surface area contributed by atoms with E-state index in [0.717, 1.165) is 11.3 Å². The van der Waals surface area contributed by atoms with E-state index in [1.807, 2.05) is 19.9 Å². The molecule has 0 spiro atoms. The third-order valence-electron chi connectivity index (χ3n) is 3.34. The molecule has 3 rings (SSSR count). The van der Waals surface area contributed by atoms with Crippen LogP contribution in [0.15, 0.2) is 34.7 Å². The van der Waals surface area contributed by atoms with E-state index in [9.17, 15) is 4.79 Å². The molecule has 0 unspecified atom stereocenters. The molecule has 0 aliphatic rings. The van der Waals surface area contributed by atoms with Crippen LogP contribution in [-0.2, 0) is 0 Å². The molecule has 0 aliphatic carbocycles. The van der Waals surface area contributed by atoms with Crippen molar-refractivity contribution in [2.75, 3.05) is 5.73 Å². The fourth-order valence-corrected chi connectivity index (χ4v) is 2.50. The Morgan fingerprint density at radius 1 is 1.24 bits per heavy atom. The number of anilines is 1. The van der Waals surface area contributed by atoms with Gasteiger partial charge in [0.15, 0.2) is 0 Å². The van der Waals surface area contributed by atoms with Crippen LogP contribution < -0.4 is 5.73 Å². The van der Waals surface area contributed by atoms with Crippen molar-refractivity contribution in [1.29, 1.82) is 0 Å². The molecule has 3 aromatic rings. The summed E-state index contributed by atoms with van der Waals surface area (Å²) in [6, 6.07) is 8.50. The number of ketones is 1. The lowest BCUT2D eigenvalue weighted by Gasteiger charge is -1.99. The highest BCUT2D eigenvalue weighted by Gasteiger charge is 2.22. The van der Waals surface area contributed by atoms with Crippen molar-refractivity contribution >= 4 is 34.2 Å². The third-order valence-corrected chi connectivity index (χ3v) is 3.59. The van der Waals surface area contributed by atoms with Crippen molar-refractivity contribution in [2.24, 2.45) is 0 Å². The van der Waals surface area contributed by atoms with E-state index < -0.39 is 0 Å². The minimum Gasteiger partial charge on any atom is -0.432 e. The number of nitrogen functional groups attached to an aromatic ring is 1. The summed E-state index contributed by atoms with van der Waals surface area (Å²) in [5.41, 5.74) is 9.03. The number of pyridine rings is 1. The first-order valence-corrected chi connectivity index (χ1v) is 6.81. The molecule has 0 atom stereocenters. The monoisotopic (exact) mass is 300 g/mol. The first-order valence-electron chi connectivity index (χ1n) is 6.44. The molecule has 2 heterocycles. The fraction of sp³-hybridized carbons (Fsp3) is 0.125. The van der Waals surface area contributed by atoms with Crippen LogP contribution in [-0.4, -0.2) is 10.8 Å². The average Bonchev–Trinajstić information content (AvgIpc) is 2.76. The van der Waals surface area contributed by atoms with Crippen molar-refractivity contribution in [2.45, 2.75) is 13.8 Å². The van der Waals surface area contributed by atoms with E-state index in [1.54, 1.807) is 24.3 Å². The Morgan fingerprint density at radius 3 is 2.57 bits per heavy atom. The molecule has 0 fully saturated rings. The summed E-state index contributed by atoms with van der Waals surface area (Å²) in [6.45, 7) is 3.78. The number of hydrogen-bond donors (Lipinski definition) is 1. The molecule has 1 aromatic carbocycles. The molecule has 2 aromatic heterocycles. The van der Waals surface area contributed by atoms with Gasteiger partial charge in [-0.2, -0.15) is 0 Å². The van der Waals surface area contributed by atoms with Gasteiger partial charge in [-0.25, -0.2) is 4.98 Å². The Labute approximate surface area is 126 Å². The van der Waals surface area contributed by atoms with Crippen molar-refractivity contribution < 1.29 is 9.21 Å². The molecule has 0 saturated heterocycles. The third kappa shape index (κ3) is 2.28. The summed E-state index contributed by atoms with van der Waals surface area (Å²) in [4.78, 5) is 16.8. The molecule has 0 bridgehead atoms. The predicted octanol–water partition coefficient (Wildman–Crippen LogP) is 3.91. The topological polar surface area (TPSA) is 69.1 Å². The van der Waals surface area contributed by atoms with Gasteiger partial charge in [-0.1, -0.05) is 11.6 Å². The van der Waals surface area contributed by atoms with Gasteiger partial charge in [-0.3, -0.25) is 4.79 Å². The summed E-state index contributed by atoms with van der Waals surface area (Å²) in [5.74, 6) is -0.159. The molecular weight excluding hydrogens is 288 g/mol. The van der Waals surface area contributed by atoms with Crippen molar-refractivity contribution in [3.05, 3.63) is 57.9 Å². The maximum Gasteiger partial charge on any atom is 0.230 e. The molecule has 21 heavy (non-hydrogen) atoms. The highest BCUT2D eigenvalue weighted by atomic mass is 35.5. The number of nitrogens with zero attached hydrogens (tertiary/aromatic N) is 1. The van der Waals surface area contributed by atoms with Crippen LogP contribution in [0.5, 0.6) is 0 Å². The van der Waals surface area contributed by atoms with Crippen molar-refractivity contribution in [3.8, 4) is 0 Å². The van der Waals surface area contributed by atoms with Gasteiger partial charge in [0.2, 0.25) is 17.3 Å². The zero-order valence-corrected chi connectivity index (χ0v) is 12.4. The second-order valence-corrected chi connectivity index (χ2v) is 5.38. The van der Waals surface area contributed by atoms with Gasteiger partial charge in [0.05, 0.1) is 11.1 Å². The Bertz CT molecular complexity index is 851. The van der Waals surface area contributed by atoms with Crippen LogP contribution in [0, 0.1) is 13.8 Å². The van der Waals surface area contributed by atoms with Gasteiger partial charge in [0.25, 0.3) is 0 Å². The molecule has 5 heteroatoms. The highest BCUT2D eigenvalue weighted by Crippen LogP contribution is 2.31. The van der Waals surface area contributed by atoms with Crippen LogP contribution in [0.1, 0.15) is 27.4 Å². The second kappa shape index (κ2) is 4.90. The van der Waals surface area contributed by atoms with Crippen LogP contribution in [0.4, 0.5) is 5.69 Å². The predicted molar refractivity (Wildman–Crippen MR) is 82.8 cm³/mol. The molecule has 0 radical (unpaired) electrons. The number of benzene rings is 1. The van der Waals surface area contributed by atoms with Crippen LogP contribution in [0.2, 0.25) is 5.02 Å². The molecule has 0 saturated carbocycles. The molecule has 0 amide bonds. The number of aryl methyl sites for hydroxylation is 2. The Hall–Kier alpha value is -2.33. The maximum atomic E-state index is 12.5. The highest BCUT2D eigenvalue weighted by molar-refractivity contribution is 6.30. The Morgan fingerprint density at radius 2 is 1.90 bits per heavy atom. The van der Waals surface area contributed by atoms with Crippen LogP contribution in [0.25, 0.3) is 11.1 Å². The van der Waals surface area contributed by atoms with E-state index in [-0.39, 0.29) is 11.5 Å². The largest absolute Gasteiger partial charge is 0.432 e. The van der Waals surface area contributed by atoms with Gasteiger partial charge in [0.1, 0.15) is 0 Å². The summed E-state index contributed by atoms with van der Waals surface area (Å²) >= 11 is 5.83. The number of furan rings is 1. The molecular formula is C16H13ClN2O2. The van der Waals surface area contributed by atoms with Gasteiger partial charge < -0.3 is 10.2 Å². The van der Waals surface area contributed by atoms with E-state index in [1.165, 1.54) is 0 Å². The lowest BCUT2D eigenvalue weighted by atomic mass is 10.1. The van der Waals surface area contributed by atoms with Gasteiger partial charge in [0, 0.05) is 16.3 Å². The van der Waals surface area contributed by atoms with Crippen molar-refractivity contribution in [3.63, 3.8) is 0 Å². The lowest BCUT2D eigenvalue weighted by molar-refractivity contribution is 0.101. The Balaban J connectivity index is 2.16. The Kier molecular flexibility index (Phi) is 3.18. The number of hydrogen-bond acceptors (Lipinski definition) is 4. The zero-order chi connectivity index (χ0) is 15.1. The lowest BCUT2D eigenvalue weighted by Crippen LogP contribution is -2.02. The van der Waals surface area contributed by atoms with Crippen LogP contribution in [0.3, 0.4) is 0 Å². The quantitative estimate of drug-likeness (QED) is 0.728. The normalized spacial score (nSPS) is 11.0. The van der Waals surface area contributed by atoms with Crippen molar-refractivity contribution in [1.82, 2.24) is 4.98 Å². The number of nitrogens with two attached hydrogens (primary N) is 1. The first-order chi connectivity index (χ1) is 9.97. The fourth-order valence-electron chi connectivity index (χ4n) is 2.37. The number of rotatable bonds is 2. The van der Waals surface area contributed by atoms with Gasteiger partial charge in [-0.05, 0) is 49.7 Å². The smallest absolute Gasteiger partial charge is 0.230 e. The number of fused-ring (bicyclic) bond motifs is 1. The summed E-state index contributed by atoms with van der Waals surface area (Å²) in [5, 5.41) is 1.26. The van der Waals surface area contributed by atoms with E-state index in [0.29, 0.717) is 27.4 Å². The molecule has 106 valence electrons. The standard InChI is InChI=1S/C16H13ClN2O2/c1-8-7-9(2)19-16-12(8)13(18)15(21-16)14(20)10-3-5-11(17)6-4-10/h3-7H,18H2,1-2H3. The average molecular weight is 301 g/mol. The summed E-state index contributed by atoms with van der Waals surface area (Å²) in [6.07, 6.45) is 0. The van der Waals surface area contributed by atoms with Gasteiger partial charge >= 0.3 is 0 Å². The molecule has 4 nitrogen and oxygen atoms in total.